The monoisotopic (exact) mass is 230 g/mol. The number of aromatic amines is 1. The molecule has 0 aliphatic heterocycles. The molecule has 2 rings (SSSR count). The summed E-state index contributed by atoms with van der Waals surface area (Å²) in [5, 5.41) is 3.06. The number of nitrogens with zero attached hydrogens (tertiary/aromatic N) is 1. The molecule has 1 heterocycles. The van der Waals surface area contributed by atoms with E-state index in [2.05, 4.69) is 15.3 Å². The molecule has 2 aromatic rings. The highest BCUT2D eigenvalue weighted by atomic mass is 16.1. The van der Waals surface area contributed by atoms with Crippen LogP contribution in [0.2, 0.25) is 0 Å². The second-order valence-corrected chi connectivity index (χ2v) is 3.74. The van der Waals surface area contributed by atoms with E-state index in [1.165, 1.54) is 6.07 Å². The van der Waals surface area contributed by atoms with Gasteiger partial charge >= 0.3 is 0 Å². The number of nitrogens with one attached hydrogen (secondary N) is 2. The highest BCUT2D eigenvalue weighted by Gasteiger charge is 1.99. The van der Waals surface area contributed by atoms with E-state index in [0.717, 1.165) is 11.3 Å². The van der Waals surface area contributed by atoms with Crippen molar-refractivity contribution in [3.8, 4) is 0 Å². The molecule has 0 bridgehead atoms. The van der Waals surface area contributed by atoms with Gasteiger partial charge in [0, 0.05) is 18.3 Å². The van der Waals surface area contributed by atoms with E-state index in [1.807, 2.05) is 24.3 Å². The lowest BCUT2D eigenvalue weighted by Gasteiger charge is -2.06. The van der Waals surface area contributed by atoms with Crippen molar-refractivity contribution in [2.45, 2.75) is 13.5 Å². The Morgan fingerprint density at radius 1 is 1.35 bits per heavy atom. The van der Waals surface area contributed by atoms with Gasteiger partial charge in [0.15, 0.2) is 0 Å². The molecule has 0 spiro atoms. The van der Waals surface area contributed by atoms with Crippen LogP contribution >= 0.6 is 0 Å². The molecule has 0 unspecified atom stereocenters. The van der Waals surface area contributed by atoms with Crippen molar-refractivity contribution in [2.24, 2.45) is 5.73 Å². The topological polar surface area (TPSA) is 83.8 Å². The molecule has 5 heteroatoms. The van der Waals surface area contributed by atoms with Gasteiger partial charge in [0.05, 0.1) is 0 Å². The number of hydrogen-bond donors (Lipinski definition) is 3. The zero-order valence-corrected chi connectivity index (χ0v) is 9.53. The van der Waals surface area contributed by atoms with Crippen LogP contribution in [0.5, 0.6) is 0 Å². The van der Waals surface area contributed by atoms with Crippen LogP contribution in [0.15, 0.2) is 35.1 Å². The van der Waals surface area contributed by atoms with E-state index >= 15 is 0 Å². The van der Waals surface area contributed by atoms with Gasteiger partial charge in [-0.3, -0.25) is 4.79 Å². The summed E-state index contributed by atoms with van der Waals surface area (Å²) in [4.78, 5) is 18.0. The molecular weight excluding hydrogens is 216 g/mol. The van der Waals surface area contributed by atoms with Gasteiger partial charge in [-0.1, -0.05) is 12.1 Å². The second kappa shape index (κ2) is 4.80. The number of H-pyrrole nitrogens is 1. The average molecular weight is 230 g/mol. The van der Waals surface area contributed by atoms with Crippen LogP contribution in [0, 0.1) is 6.92 Å². The molecule has 0 atom stereocenters. The third kappa shape index (κ3) is 2.92. The summed E-state index contributed by atoms with van der Waals surface area (Å²) in [5.74, 6) is 1.12. The van der Waals surface area contributed by atoms with Crippen LogP contribution < -0.4 is 16.6 Å². The number of hydrogen-bond acceptors (Lipinski definition) is 4. The fourth-order valence-corrected chi connectivity index (χ4v) is 1.52. The Balaban J connectivity index is 2.22. The quantitative estimate of drug-likeness (QED) is 0.741. The first-order valence-electron chi connectivity index (χ1n) is 5.31. The maximum absolute atomic E-state index is 11.2. The van der Waals surface area contributed by atoms with Crippen LogP contribution in [0.25, 0.3) is 0 Å². The fraction of sp³-hybridized carbons (Fsp3) is 0.167. The van der Waals surface area contributed by atoms with Crippen LogP contribution in [-0.4, -0.2) is 9.97 Å². The standard InChI is InChI=1S/C12H14N4O/c1-8-14-11(6-12(17)15-8)16-10-4-2-9(7-13)3-5-10/h2-6H,7,13H2,1H3,(H2,14,15,16,17). The lowest BCUT2D eigenvalue weighted by atomic mass is 10.2. The SMILES string of the molecule is Cc1nc(Nc2ccc(CN)cc2)cc(=O)[nH]1. The highest BCUT2D eigenvalue weighted by molar-refractivity contribution is 5.55. The summed E-state index contributed by atoms with van der Waals surface area (Å²) >= 11 is 0. The van der Waals surface area contributed by atoms with Crippen molar-refractivity contribution in [2.75, 3.05) is 5.32 Å². The maximum Gasteiger partial charge on any atom is 0.252 e. The van der Waals surface area contributed by atoms with Crippen molar-refractivity contribution in [1.29, 1.82) is 0 Å². The number of aryl methyl sites for hydroxylation is 1. The van der Waals surface area contributed by atoms with E-state index in [9.17, 15) is 4.79 Å². The minimum absolute atomic E-state index is 0.168. The third-order valence-corrected chi connectivity index (χ3v) is 2.32. The Labute approximate surface area is 98.7 Å². The molecule has 1 aromatic heterocycles. The number of benzene rings is 1. The Bertz CT molecular complexity index is 559. The Hall–Kier alpha value is -2.14. The zero-order chi connectivity index (χ0) is 12.3. The zero-order valence-electron chi connectivity index (χ0n) is 9.53. The first-order chi connectivity index (χ1) is 8.17. The third-order valence-electron chi connectivity index (χ3n) is 2.32. The van der Waals surface area contributed by atoms with Crippen molar-refractivity contribution in [1.82, 2.24) is 9.97 Å². The number of nitrogens with two attached hydrogens (primary N) is 1. The summed E-state index contributed by atoms with van der Waals surface area (Å²) in [7, 11) is 0. The van der Waals surface area contributed by atoms with E-state index in [-0.39, 0.29) is 5.56 Å². The number of rotatable bonds is 3. The lowest BCUT2D eigenvalue weighted by molar-refractivity contribution is 1.02. The van der Waals surface area contributed by atoms with Crippen molar-refractivity contribution >= 4 is 11.5 Å². The van der Waals surface area contributed by atoms with Crippen LogP contribution in [-0.2, 0) is 6.54 Å². The maximum atomic E-state index is 11.2. The summed E-state index contributed by atoms with van der Waals surface area (Å²) in [6.45, 7) is 2.26. The highest BCUT2D eigenvalue weighted by Crippen LogP contribution is 2.13. The average Bonchev–Trinajstić information content (AvgIpc) is 2.28. The molecule has 17 heavy (non-hydrogen) atoms. The minimum atomic E-state index is -0.168. The van der Waals surface area contributed by atoms with Crippen LogP contribution in [0.4, 0.5) is 11.5 Å². The van der Waals surface area contributed by atoms with Crippen LogP contribution in [0.3, 0.4) is 0 Å². The first kappa shape index (κ1) is 11.3. The van der Waals surface area contributed by atoms with Crippen molar-refractivity contribution in [3.05, 3.63) is 52.1 Å². The Morgan fingerprint density at radius 2 is 2.06 bits per heavy atom. The lowest BCUT2D eigenvalue weighted by Crippen LogP contribution is -2.09. The van der Waals surface area contributed by atoms with Gasteiger partial charge in [0.1, 0.15) is 11.6 Å². The molecule has 0 saturated carbocycles. The van der Waals surface area contributed by atoms with E-state index in [4.69, 9.17) is 5.73 Å². The molecule has 5 nitrogen and oxygen atoms in total. The Kier molecular flexibility index (Phi) is 3.20. The van der Waals surface area contributed by atoms with Crippen LogP contribution in [0.1, 0.15) is 11.4 Å². The first-order valence-corrected chi connectivity index (χ1v) is 5.31. The molecule has 0 aliphatic rings. The predicted octanol–water partition coefficient (Wildman–Crippen LogP) is 1.28. The second-order valence-electron chi connectivity index (χ2n) is 3.74. The predicted molar refractivity (Wildman–Crippen MR) is 67.2 cm³/mol. The number of anilines is 2. The smallest absolute Gasteiger partial charge is 0.252 e. The van der Waals surface area contributed by atoms with Crippen molar-refractivity contribution in [3.63, 3.8) is 0 Å². The normalized spacial score (nSPS) is 10.2. The van der Waals surface area contributed by atoms with Gasteiger partial charge in [-0.2, -0.15) is 0 Å². The largest absolute Gasteiger partial charge is 0.340 e. The van der Waals surface area contributed by atoms with Gasteiger partial charge in [0.2, 0.25) is 0 Å². The molecule has 88 valence electrons. The minimum Gasteiger partial charge on any atom is -0.340 e. The summed E-state index contributed by atoms with van der Waals surface area (Å²) in [5.41, 5.74) is 7.28. The van der Waals surface area contributed by atoms with Gasteiger partial charge in [0.25, 0.3) is 5.56 Å². The summed E-state index contributed by atoms with van der Waals surface area (Å²) in [6, 6.07) is 9.09. The van der Waals surface area contributed by atoms with Crippen molar-refractivity contribution < 1.29 is 0 Å². The molecule has 0 radical (unpaired) electrons. The van der Waals surface area contributed by atoms with E-state index < -0.39 is 0 Å². The molecular formula is C12H14N4O. The Morgan fingerprint density at radius 3 is 2.65 bits per heavy atom. The van der Waals surface area contributed by atoms with Gasteiger partial charge in [-0.05, 0) is 24.6 Å². The molecule has 4 N–H and O–H groups in total. The molecule has 0 aliphatic carbocycles. The molecule has 0 saturated heterocycles. The van der Waals surface area contributed by atoms with E-state index in [0.29, 0.717) is 18.2 Å². The molecule has 1 aromatic carbocycles. The van der Waals surface area contributed by atoms with Gasteiger partial charge in [-0.25, -0.2) is 4.98 Å². The molecule has 0 amide bonds. The number of aromatic nitrogens is 2. The summed E-state index contributed by atoms with van der Waals surface area (Å²) < 4.78 is 0. The van der Waals surface area contributed by atoms with Gasteiger partial charge in [-0.15, -0.1) is 0 Å². The van der Waals surface area contributed by atoms with E-state index in [1.54, 1.807) is 6.92 Å². The summed E-state index contributed by atoms with van der Waals surface area (Å²) in [6.07, 6.45) is 0. The van der Waals surface area contributed by atoms with Gasteiger partial charge < -0.3 is 16.0 Å². The molecule has 0 fully saturated rings. The fourth-order valence-electron chi connectivity index (χ4n) is 1.52.